The first-order valence-electron chi connectivity index (χ1n) is 16.0. The van der Waals surface area contributed by atoms with E-state index in [4.69, 9.17) is 28.4 Å². The number of methoxy groups -OCH3 is 1. The van der Waals surface area contributed by atoms with Gasteiger partial charge in [0, 0.05) is 40.8 Å². The second-order valence-corrected chi connectivity index (χ2v) is 11.7. The van der Waals surface area contributed by atoms with Crippen LogP contribution < -0.4 is 10.6 Å². The van der Waals surface area contributed by atoms with Crippen molar-refractivity contribution in [2.45, 2.75) is 16.3 Å². The fraction of sp³-hybridized carbons (Fsp3) is 0.378. The highest BCUT2D eigenvalue weighted by atomic mass is 32.2. The van der Waals surface area contributed by atoms with Crippen LogP contribution in [0.15, 0.2) is 81.5 Å². The number of rotatable bonds is 21. The van der Waals surface area contributed by atoms with E-state index in [1.807, 2.05) is 54.6 Å². The highest BCUT2D eigenvalue weighted by molar-refractivity contribution is 7.99. The number of nitrogens with one attached hydrogen (secondary N) is 2. The fourth-order valence-corrected chi connectivity index (χ4v) is 5.55. The van der Waals surface area contributed by atoms with E-state index in [1.165, 1.54) is 0 Å². The molecule has 1 heterocycles. The van der Waals surface area contributed by atoms with Crippen molar-refractivity contribution in [3.05, 3.63) is 89.0 Å². The monoisotopic (exact) mass is 689 g/mol. The first-order valence-corrected chi connectivity index (χ1v) is 16.9. The molecule has 0 bridgehead atoms. The lowest BCUT2D eigenvalue weighted by Crippen LogP contribution is -2.20. The number of carbonyl (C=O) groups is 2. The van der Waals surface area contributed by atoms with Crippen LogP contribution in [0.5, 0.6) is 0 Å². The van der Waals surface area contributed by atoms with Crippen molar-refractivity contribution in [2.75, 3.05) is 92.1 Å². The number of hydrogen-bond donors (Lipinski definition) is 2. The Bertz CT molecular complexity index is 1600. The van der Waals surface area contributed by atoms with Crippen LogP contribution in [0, 0.1) is 11.8 Å². The lowest BCUT2D eigenvalue weighted by molar-refractivity contribution is -0.121. The molecule has 4 rings (SSSR count). The van der Waals surface area contributed by atoms with Gasteiger partial charge in [0.15, 0.2) is 0 Å². The van der Waals surface area contributed by atoms with Crippen LogP contribution in [0.4, 0.5) is 5.69 Å². The maximum absolute atomic E-state index is 12.4. The highest BCUT2D eigenvalue weighted by Crippen LogP contribution is 2.33. The van der Waals surface area contributed by atoms with Gasteiger partial charge in [0.05, 0.1) is 78.2 Å². The summed E-state index contributed by atoms with van der Waals surface area (Å²) >= 11 is 1.55. The van der Waals surface area contributed by atoms with E-state index in [-0.39, 0.29) is 25.0 Å². The summed E-state index contributed by atoms with van der Waals surface area (Å²) in [7, 11) is 3.26. The van der Waals surface area contributed by atoms with E-state index in [1.54, 1.807) is 32.0 Å². The topological polar surface area (TPSA) is 126 Å². The molecule has 0 saturated heterocycles. The van der Waals surface area contributed by atoms with Gasteiger partial charge in [0.25, 0.3) is 5.91 Å². The molecular weight excluding hydrogens is 646 g/mol. The first kappa shape index (κ1) is 37.8. The van der Waals surface area contributed by atoms with Crippen LogP contribution in [-0.4, -0.2) is 104 Å². The summed E-state index contributed by atoms with van der Waals surface area (Å²) in [5.41, 5.74) is 4.83. The predicted molar refractivity (Wildman–Crippen MR) is 189 cm³/mol. The summed E-state index contributed by atoms with van der Waals surface area (Å²) in [6.45, 7) is 5.13. The second kappa shape index (κ2) is 21.8. The van der Waals surface area contributed by atoms with Crippen molar-refractivity contribution >= 4 is 35.0 Å². The van der Waals surface area contributed by atoms with Crippen molar-refractivity contribution in [2.24, 2.45) is 4.99 Å². The molecule has 12 heteroatoms. The molecular formula is C37H43N3O8S. The van der Waals surface area contributed by atoms with E-state index in [0.29, 0.717) is 77.3 Å². The Morgan fingerprint density at radius 2 is 1.45 bits per heavy atom. The average Bonchev–Trinajstić information content (AvgIpc) is 3.52. The zero-order chi connectivity index (χ0) is 34.5. The molecule has 3 aromatic carbocycles. The van der Waals surface area contributed by atoms with Crippen LogP contribution in [0.2, 0.25) is 0 Å². The largest absolute Gasteiger partial charge is 0.382 e. The average molecular weight is 690 g/mol. The third-order valence-electron chi connectivity index (χ3n) is 6.95. The summed E-state index contributed by atoms with van der Waals surface area (Å²) in [6, 6.07) is 21.0. The third-order valence-corrected chi connectivity index (χ3v) is 8.02. The predicted octanol–water partition coefficient (Wildman–Crippen LogP) is 4.22. The van der Waals surface area contributed by atoms with Crippen LogP contribution >= 0.6 is 11.8 Å². The third kappa shape index (κ3) is 13.4. The van der Waals surface area contributed by atoms with Crippen LogP contribution in [-0.2, 0) is 39.8 Å². The van der Waals surface area contributed by atoms with Crippen molar-refractivity contribution in [3.8, 4) is 11.8 Å². The number of nitrogens with zero attached hydrogens (tertiary/aromatic N) is 1. The maximum atomic E-state index is 12.4. The van der Waals surface area contributed by atoms with Crippen LogP contribution in [0.3, 0.4) is 0 Å². The van der Waals surface area contributed by atoms with Gasteiger partial charge in [0.1, 0.15) is 12.3 Å². The molecule has 11 nitrogen and oxygen atoms in total. The van der Waals surface area contributed by atoms with Gasteiger partial charge in [-0.2, -0.15) is 0 Å². The molecule has 0 aromatic heterocycles. The highest BCUT2D eigenvalue weighted by Gasteiger charge is 2.16. The Kier molecular flexibility index (Phi) is 16.8. The SMILES string of the molecule is CNC(=O)c1ccccc1Sc1ccc2c(c1)CN=C2C#Cc1cccc(NC(=O)COCCOCCOCCOCCOCCOC)c1. The molecule has 0 spiro atoms. The molecule has 2 N–H and O–H groups in total. The number of benzene rings is 3. The lowest BCUT2D eigenvalue weighted by Gasteiger charge is -2.09. The number of aliphatic imine (C=N–C) groups is 1. The Morgan fingerprint density at radius 3 is 2.14 bits per heavy atom. The summed E-state index contributed by atoms with van der Waals surface area (Å²) in [4.78, 5) is 31.2. The smallest absolute Gasteiger partial charge is 0.252 e. The molecule has 0 unspecified atom stereocenters. The minimum absolute atomic E-state index is 0.0897. The van der Waals surface area contributed by atoms with E-state index in [9.17, 15) is 9.59 Å². The van der Waals surface area contributed by atoms with Gasteiger partial charge in [-0.3, -0.25) is 14.6 Å². The van der Waals surface area contributed by atoms with Gasteiger partial charge < -0.3 is 39.1 Å². The van der Waals surface area contributed by atoms with Gasteiger partial charge in [-0.1, -0.05) is 41.9 Å². The zero-order valence-electron chi connectivity index (χ0n) is 28.0. The van der Waals surface area contributed by atoms with E-state index >= 15 is 0 Å². The van der Waals surface area contributed by atoms with Crippen molar-refractivity contribution in [1.82, 2.24) is 5.32 Å². The minimum Gasteiger partial charge on any atom is -0.382 e. The van der Waals surface area contributed by atoms with Gasteiger partial charge in [0.2, 0.25) is 5.91 Å². The van der Waals surface area contributed by atoms with Gasteiger partial charge >= 0.3 is 0 Å². The van der Waals surface area contributed by atoms with Crippen LogP contribution in [0.1, 0.15) is 27.0 Å². The standard InChI is InChI=1S/C37H43N3O8S/c1-38-37(42)33-8-3-4-9-35(33)49-31-11-12-32-29(25-31)26-39-34(32)13-10-28-6-5-7-30(24-28)40-36(41)27-48-23-22-47-21-20-46-19-18-45-17-16-44-15-14-43-2/h3-9,11-12,24-25H,14-23,26-27H2,1-2H3,(H,38,42)(H,40,41). The molecule has 1 aliphatic heterocycles. The quantitative estimate of drug-likeness (QED) is 0.125. The first-order chi connectivity index (χ1) is 24.1. The number of carbonyl (C=O) groups excluding carboxylic acids is 2. The van der Waals surface area contributed by atoms with Gasteiger partial charge in [-0.05, 0) is 53.9 Å². The van der Waals surface area contributed by atoms with Crippen LogP contribution in [0.25, 0.3) is 0 Å². The van der Waals surface area contributed by atoms with E-state index < -0.39 is 0 Å². The van der Waals surface area contributed by atoms with E-state index in [2.05, 4.69) is 33.5 Å². The fourth-order valence-electron chi connectivity index (χ4n) is 4.55. The summed E-state index contributed by atoms with van der Waals surface area (Å²) in [5.74, 6) is 5.98. The minimum atomic E-state index is -0.266. The lowest BCUT2D eigenvalue weighted by atomic mass is 10.1. The molecule has 1 aliphatic rings. The number of amides is 2. The number of hydrogen-bond acceptors (Lipinski definition) is 10. The normalized spacial score (nSPS) is 11.8. The molecule has 49 heavy (non-hydrogen) atoms. The molecule has 2 amide bonds. The zero-order valence-corrected chi connectivity index (χ0v) is 28.8. The molecule has 0 aliphatic carbocycles. The molecule has 0 atom stereocenters. The Morgan fingerprint density at radius 1 is 0.776 bits per heavy atom. The van der Waals surface area contributed by atoms with Crippen molar-refractivity contribution in [3.63, 3.8) is 0 Å². The second-order valence-electron chi connectivity index (χ2n) is 10.5. The molecule has 3 aromatic rings. The Balaban J connectivity index is 1.12. The van der Waals surface area contributed by atoms with Crippen molar-refractivity contribution < 1.29 is 38.0 Å². The summed E-state index contributed by atoms with van der Waals surface area (Å²) < 4.78 is 32.0. The summed E-state index contributed by atoms with van der Waals surface area (Å²) in [5, 5.41) is 5.54. The Labute approximate surface area is 292 Å². The molecule has 260 valence electrons. The maximum Gasteiger partial charge on any atom is 0.252 e. The summed E-state index contributed by atoms with van der Waals surface area (Å²) in [6.07, 6.45) is 0. The number of anilines is 1. The van der Waals surface area contributed by atoms with Gasteiger partial charge in [-0.25, -0.2) is 0 Å². The van der Waals surface area contributed by atoms with Crippen molar-refractivity contribution in [1.29, 1.82) is 0 Å². The number of ether oxygens (including phenoxy) is 6. The molecule has 0 fully saturated rings. The molecule has 0 radical (unpaired) electrons. The Hall–Kier alpha value is -4.06. The molecule has 0 saturated carbocycles. The van der Waals surface area contributed by atoms with E-state index in [0.717, 1.165) is 32.2 Å². The number of fused-ring (bicyclic) bond motifs is 1. The van der Waals surface area contributed by atoms with Gasteiger partial charge in [-0.15, -0.1) is 0 Å².